The molecule has 0 spiro atoms. The SMILES string of the molecule is CCCn1cc(-c2nnc3sc(-c4csnn4)nn23)c(C)n1. The van der Waals surface area contributed by atoms with Gasteiger partial charge in [0.05, 0.1) is 11.3 Å². The summed E-state index contributed by atoms with van der Waals surface area (Å²) in [5.41, 5.74) is 2.65. The van der Waals surface area contributed by atoms with Gasteiger partial charge in [0.2, 0.25) is 4.96 Å². The number of fused-ring (bicyclic) bond motifs is 1. The van der Waals surface area contributed by atoms with E-state index < -0.39 is 0 Å². The molecule has 0 aliphatic carbocycles. The fourth-order valence-corrected chi connectivity index (χ4v) is 3.54. The summed E-state index contributed by atoms with van der Waals surface area (Å²) in [6.45, 7) is 4.98. The summed E-state index contributed by atoms with van der Waals surface area (Å²) in [7, 11) is 0. The van der Waals surface area contributed by atoms with E-state index in [0.29, 0.717) is 5.82 Å². The van der Waals surface area contributed by atoms with Crippen LogP contribution in [0.5, 0.6) is 0 Å². The first-order valence-electron chi connectivity index (χ1n) is 6.80. The molecule has 0 unspecified atom stereocenters. The van der Waals surface area contributed by atoms with Crippen molar-refractivity contribution in [3.8, 4) is 22.1 Å². The average Bonchev–Trinajstić information content (AvgIpc) is 3.21. The monoisotopic (exact) mass is 332 g/mol. The Morgan fingerprint density at radius 3 is 2.86 bits per heavy atom. The van der Waals surface area contributed by atoms with Crippen LogP contribution in [-0.2, 0) is 6.54 Å². The number of aromatic nitrogens is 8. The molecule has 112 valence electrons. The molecule has 8 nitrogen and oxygen atoms in total. The molecule has 4 aromatic rings. The second kappa shape index (κ2) is 5.21. The van der Waals surface area contributed by atoms with Crippen molar-refractivity contribution < 1.29 is 0 Å². The van der Waals surface area contributed by atoms with Crippen molar-refractivity contribution in [2.24, 2.45) is 0 Å². The van der Waals surface area contributed by atoms with Crippen LogP contribution in [0.4, 0.5) is 0 Å². The molecule has 4 rings (SSSR count). The summed E-state index contributed by atoms with van der Waals surface area (Å²) in [5.74, 6) is 0.709. The number of rotatable bonds is 4. The summed E-state index contributed by atoms with van der Waals surface area (Å²) in [6.07, 6.45) is 3.03. The van der Waals surface area contributed by atoms with E-state index in [1.54, 1.807) is 4.52 Å². The lowest BCUT2D eigenvalue weighted by molar-refractivity contribution is 0.598. The second-order valence-electron chi connectivity index (χ2n) is 4.81. The number of aryl methyl sites for hydroxylation is 2. The van der Waals surface area contributed by atoms with E-state index in [1.165, 1.54) is 22.9 Å². The third kappa shape index (κ3) is 2.11. The van der Waals surface area contributed by atoms with E-state index in [9.17, 15) is 0 Å². The molecular weight excluding hydrogens is 320 g/mol. The normalized spacial score (nSPS) is 11.5. The van der Waals surface area contributed by atoms with Crippen molar-refractivity contribution in [1.82, 2.24) is 39.2 Å². The molecule has 22 heavy (non-hydrogen) atoms. The van der Waals surface area contributed by atoms with Gasteiger partial charge in [0.1, 0.15) is 5.69 Å². The van der Waals surface area contributed by atoms with Gasteiger partial charge < -0.3 is 0 Å². The smallest absolute Gasteiger partial charge is 0.235 e. The van der Waals surface area contributed by atoms with Gasteiger partial charge in [-0.1, -0.05) is 22.7 Å². The van der Waals surface area contributed by atoms with Crippen LogP contribution in [0.1, 0.15) is 19.0 Å². The summed E-state index contributed by atoms with van der Waals surface area (Å²) in [5, 5.41) is 24.3. The second-order valence-corrected chi connectivity index (χ2v) is 6.37. The number of hydrogen-bond acceptors (Lipinski definition) is 8. The minimum absolute atomic E-state index is 0.709. The molecule has 0 atom stereocenters. The van der Waals surface area contributed by atoms with Gasteiger partial charge >= 0.3 is 0 Å². The maximum atomic E-state index is 4.57. The zero-order chi connectivity index (χ0) is 15.1. The first kappa shape index (κ1) is 13.5. The van der Waals surface area contributed by atoms with Crippen molar-refractivity contribution in [1.29, 1.82) is 0 Å². The molecule has 0 bridgehead atoms. The van der Waals surface area contributed by atoms with Gasteiger partial charge in [-0.25, -0.2) is 0 Å². The molecule has 0 aliphatic heterocycles. The van der Waals surface area contributed by atoms with Gasteiger partial charge in [0, 0.05) is 18.1 Å². The Labute approximate surface area is 133 Å². The Morgan fingerprint density at radius 1 is 1.18 bits per heavy atom. The Kier molecular flexibility index (Phi) is 3.19. The fourth-order valence-electron chi connectivity index (χ4n) is 2.23. The largest absolute Gasteiger partial charge is 0.272 e. The lowest BCUT2D eigenvalue weighted by Crippen LogP contribution is -1.96. The van der Waals surface area contributed by atoms with E-state index in [0.717, 1.165) is 39.9 Å². The zero-order valence-corrected chi connectivity index (χ0v) is 13.6. The van der Waals surface area contributed by atoms with Crippen LogP contribution in [0.2, 0.25) is 0 Å². The van der Waals surface area contributed by atoms with Crippen molar-refractivity contribution in [3.05, 3.63) is 17.3 Å². The minimum Gasteiger partial charge on any atom is -0.272 e. The van der Waals surface area contributed by atoms with Gasteiger partial charge in [-0.05, 0) is 24.9 Å². The van der Waals surface area contributed by atoms with Crippen molar-refractivity contribution >= 4 is 27.8 Å². The van der Waals surface area contributed by atoms with Crippen LogP contribution in [0.25, 0.3) is 27.1 Å². The Balaban J connectivity index is 1.82. The predicted octanol–water partition coefficient (Wildman–Crippen LogP) is 2.29. The number of nitrogens with zero attached hydrogens (tertiary/aromatic N) is 8. The molecule has 0 aromatic carbocycles. The highest BCUT2D eigenvalue weighted by Crippen LogP contribution is 2.28. The lowest BCUT2D eigenvalue weighted by atomic mass is 10.2. The van der Waals surface area contributed by atoms with Gasteiger partial charge in [-0.3, -0.25) is 4.68 Å². The highest BCUT2D eigenvalue weighted by molar-refractivity contribution is 7.20. The van der Waals surface area contributed by atoms with Crippen LogP contribution < -0.4 is 0 Å². The third-order valence-corrected chi connectivity index (χ3v) is 4.64. The van der Waals surface area contributed by atoms with E-state index in [1.807, 2.05) is 23.2 Å². The fraction of sp³-hybridized carbons (Fsp3) is 0.333. The first-order valence-corrected chi connectivity index (χ1v) is 8.45. The van der Waals surface area contributed by atoms with Gasteiger partial charge in [-0.15, -0.1) is 15.3 Å². The lowest BCUT2D eigenvalue weighted by Gasteiger charge is -1.94. The Hall–Kier alpha value is -2.20. The molecular formula is C12H12N8S2. The van der Waals surface area contributed by atoms with E-state index in [2.05, 4.69) is 36.9 Å². The number of hydrogen-bond donors (Lipinski definition) is 0. The summed E-state index contributed by atoms with van der Waals surface area (Å²) in [6, 6.07) is 0. The third-order valence-electron chi connectivity index (χ3n) is 3.21. The maximum absolute atomic E-state index is 4.57. The molecule has 10 heteroatoms. The predicted molar refractivity (Wildman–Crippen MR) is 83.8 cm³/mol. The van der Waals surface area contributed by atoms with Gasteiger partial charge in [-0.2, -0.15) is 14.7 Å². The topological polar surface area (TPSA) is 86.7 Å². The summed E-state index contributed by atoms with van der Waals surface area (Å²) >= 11 is 2.75. The van der Waals surface area contributed by atoms with Crippen LogP contribution in [0.15, 0.2) is 11.6 Å². The molecule has 0 aliphatic rings. The maximum Gasteiger partial charge on any atom is 0.235 e. The Morgan fingerprint density at radius 2 is 2.09 bits per heavy atom. The standard InChI is InChI=1S/C12H12N8S2/c1-3-4-19-5-8(7(2)16-19)10-14-15-12-20(10)17-11(22-12)9-6-21-18-13-9/h5-6H,3-4H2,1-2H3. The highest BCUT2D eigenvalue weighted by atomic mass is 32.1. The van der Waals surface area contributed by atoms with E-state index in [4.69, 9.17) is 0 Å². The van der Waals surface area contributed by atoms with E-state index in [-0.39, 0.29) is 0 Å². The van der Waals surface area contributed by atoms with Crippen molar-refractivity contribution in [2.45, 2.75) is 26.8 Å². The molecule has 0 saturated heterocycles. The molecule has 0 N–H and O–H groups in total. The molecule has 4 heterocycles. The minimum atomic E-state index is 0.709. The highest BCUT2D eigenvalue weighted by Gasteiger charge is 2.18. The quantitative estimate of drug-likeness (QED) is 0.570. The van der Waals surface area contributed by atoms with Gasteiger partial charge in [0.15, 0.2) is 10.8 Å². The molecule has 0 saturated carbocycles. The molecule has 0 amide bonds. The average molecular weight is 332 g/mol. The van der Waals surface area contributed by atoms with Crippen LogP contribution in [0.3, 0.4) is 0 Å². The van der Waals surface area contributed by atoms with Gasteiger partial charge in [0.25, 0.3) is 0 Å². The van der Waals surface area contributed by atoms with Crippen molar-refractivity contribution in [3.63, 3.8) is 0 Å². The Bertz CT molecular complexity index is 917. The van der Waals surface area contributed by atoms with Crippen LogP contribution >= 0.6 is 22.9 Å². The molecule has 4 aromatic heterocycles. The van der Waals surface area contributed by atoms with Crippen LogP contribution in [-0.4, -0.2) is 39.2 Å². The summed E-state index contributed by atoms with van der Waals surface area (Å²) < 4.78 is 7.55. The van der Waals surface area contributed by atoms with E-state index >= 15 is 0 Å². The first-order chi connectivity index (χ1) is 10.8. The zero-order valence-electron chi connectivity index (χ0n) is 12.0. The van der Waals surface area contributed by atoms with Crippen LogP contribution in [0, 0.1) is 6.92 Å². The molecule has 0 radical (unpaired) electrons. The molecule has 0 fully saturated rings. The van der Waals surface area contributed by atoms with Crippen molar-refractivity contribution in [2.75, 3.05) is 0 Å². The summed E-state index contributed by atoms with van der Waals surface area (Å²) in [4.78, 5) is 0.737.